The van der Waals surface area contributed by atoms with E-state index in [9.17, 15) is 4.79 Å². The molecule has 0 fully saturated rings. The first-order chi connectivity index (χ1) is 6.74. The van der Waals surface area contributed by atoms with Crippen LogP contribution in [0.15, 0.2) is 18.3 Å². The number of hydrogen-bond donors (Lipinski definition) is 1. The number of methoxy groups -OCH3 is 1. The van der Waals surface area contributed by atoms with Crippen LogP contribution in [-0.2, 0) is 10.5 Å². The van der Waals surface area contributed by atoms with Gasteiger partial charge in [0, 0.05) is 17.5 Å². The quantitative estimate of drug-likeness (QED) is 0.801. The van der Waals surface area contributed by atoms with E-state index in [0.717, 1.165) is 5.56 Å². The highest BCUT2D eigenvalue weighted by Gasteiger charge is 2.04. The van der Waals surface area contributed by atoms with Gasteiger partial charge in [-0.3, -0.25) is 4.79 Å². The fourth-order valence-corrected chi connectivity index (χ4v) is 1.68. The molecule has 0 aliphatic heterocycles. The Balaban J connectivity index is 2.53. The molecule has 76 valence electrons. The second-order valence-corrected chi connectivity index (χ2v) is 3.54. The molecule has 1 aromatic rings. The Labute approximate surface area is 86.3 Å². The number of aliphatic carboxylic acids is 1. The molecule has 0 spiro atoms. The van der Waals surface area contributed by atoms with Gasteiger partial charge >= 0.3 is 5.97 Å². The summed E-state index contributed by atoms with van der Waals surface area (Å²) >= 11 is 1.32. The van der Waals surface area contributed by atoms with Crippen LogP contribution in [0, 0.1) is 0 Å². The van der Waals surface area contributed by atoms with Crippen molar-refractivity contribution in [2.45, 2.75) is 5.75 Å². The standard InChI is InChI=1S/C9H11NO3S/c1-13-9-7(3-2-4-10-9)5-14-6-8(11)12/h2-4H,5-6H2,1H3,(H,11,12). The van der Waals surface area contributed by atoms with Crippen molar-refractivity contribution >= 4 is 17.7 Å². The molecule has 0 aliphatic rings. The third-order valence-corrected chi connectivity index (χ3v) is 2.49. The molecule has 1 N–H and O–H groups in total. The summed E-state index contributed by atoms with van der Waals surface area (Å²) in [6.45, 7) is 0. The first-order valence-corrected chi connectivity index (χ1v) is 5.17. The lowest BCUT2D eigenvalue weighted by Gasteiger charge is -2.04. The molecule has 0 unspecified atom stereocenters. The van der Waals surface area contributed by atoms with E-state index in [4.69, 9.17) is 9.84 Å². The third-order valence-electron chi connectivity index (χ3n) is 1.53. The number of thioether (sulfide) groups is 1. The maximum atomic E-state index is 10.3. The molecule has 1 aromatic heterocycles. The van der Waals surface area contributed by atoms with E-state index >= 15 is 0 Å². The summed E-state index contributed by atoms with van der Waals surface area (Å²) < 4.78 is 5.03. The Morgan fingerprint density at radius 2 is 2.50 bits per heavy atom. The number of carboxylic acid groups (broad SMARTS) is 1. The molecule has 0 amide bonds. The van der Waals surface area contributed by atoms with Crippen LogP contribution in [0.3, 0.4) is 0 Å². The van der Waals surface area contributed by atoms with Crippen LogP contribution in [0.25, 0.3) is 0 Å². The van der Waals surface area contributed by atoms with Crippen LogP contribution < -0.4 is 4.74 Å². The molecule has 0 saturated carbocycles. The van der Waals surface area contributed by atoms with Crippen molar-refractivity contribution in [2.75, 3.05) is 12.9 Å². The van der Waals surface area contributed by atoms with Gasteiger partial charge in [0.25, 0.3) is 0 Å². The molecule has 1 rings (SSSR count). The summed E-state index contributed by atoms with van der Waals surface area (Å²) in [7, 11) is 1.55. The van der Waals surface area contributed by atoms with Gasteiger partial charge in [0.2, 0.25) is 5.88 Å². The van der Waals surface area contributed by atoms with Gasteiger partial charge in [-0.25, -0.2) is 4.98 Å². The number of hydrogen-bond acceptors (Lipinski definition) is 4. The fourth-order valence-electron chi connectivity index (χ4n) is 0.966. The van der Waals surface area contributed by atoms with Crippen molar-refractivity contribution in [3.05, 3.63) is 23.9 Å². The number of aromatic nitrogens is 1. The predicted molar refractivity (Wildman–Crippen MR) is 54.6 cm³/mol. The number of pyridine rings is 1. The molecule has 0 saturated heterocycles. The molecular weight excluding hydrogens is 202 g/mol. The van der Waals surface area contributed by atoms with Gasteiger partial charge in [-0.1, -0.05) is 6.07 Å². The number of ether oxygens (including phenoxy) is 1. The van der Waals surface area contributed by atoms with Gasteiger partial charge in [-0.15, -0.1) is 11.8 Å². The number of carboxylic acids is 1. The van der Waals surface area contributed by atoms with Crippen molar-refractivity contribution in [3.63, 3.8) is 0 Å². The zero-order valence-electron chi connectivity index (χ0n) is 7.77. The maximum Gasteiger partial charge on any atom is 0.313 e. The number of carbonyl (C=O) groups is 1. The summed E-state index contributed by atoms with van der Waals surface area (Å²) in [4.78, 5) is 14.3. The third kappa shape index (κ3) is 3.26. The summed E-state index contributed by atoms with van der Waals surface area (Å²) in [6.07, 6.45) is 1.64. The Kier molecular flexibility index (Phi) is 4.25. The van der Waals surface area contributed by atoms with E-state index < -0.39 is 5.97 Å². The van der Waals surface area contributed by atoms with Crippen LogP contribution in [0.1, 0.15) is 5.56 Å². The molecule has 1 heterocycles. The van der Waals surface area contributed by atoms with Crippen LogP contribution in [0.2, 0.25) is 0 Å². The van der Waals surface area contributed by atoms with Gasteiger partial charge < -0.3 is 9.84 Å². The minimum absolute atomic E-state index is 0.0953. The first kappa shape index (κ1) is 10.8. The van der Waals surface area contributed by atoms with Crippen molar-refractivity contribution in [3.8, 4) is 5.88 Å². The topological polar surface area (TPSA) is 59.4 Å². The fraction of sp³-hybridized carbons (Fsp3) is 0.333. The van der Waals surface area contributed by atoms with Gasteiger partial charge in [0.05, 0.1) is 12.9 Å². The van der Waals surface area contributed by atoms with E-state index in [1.807, 2.05) is 6.07 Å². The van der Waals surface area contributed by atoms with E-state index in [-0.39, 0.29) is 5.75 Å². The van der Waals surface area contributed by atoms with E-state index in [1.165, 1.54) is 11.8 Å². The Morgan fingerprint density at radius 1 is 1.71 bits per heavy atom. The Morgan fingerprint density at radius 3 is 3.14 bits per heavy atom. The van der Waals surface area contributed by atoms with Crippen molar-refractivity contribution < 1.29 is 14.6 Å². The zero-order chi connectivity index (χ0) is 10.4. The Bertz CT molecular complexity index is 317. The SMILES string of the molecule is COc1ncccc1CSCC(=O)O. The molecule has 0 aromatic carbocycles. The summed E-state index contributed by atoms with van der Waals surface area (Å²) in [5.74, 6) is 0.449. The summed E-state index contributed by atoms with van der Waals surface area (Å²) in [5, 5.41) is 8.45. The smallest absolute Gasteiger partial charge is 0.313 e. The molecule has 5 heteroatoms. The molecule has 0 aliphatic carbocycles. The Hall–Kier alpha value is -1.23. The normalized spacial score (nSPS) is 9.79. The average Bonchev–Trinajstić information content (AvgIpc) is 2.18. The maximum absolute atomic E-state index is 10.3. The summed E-state index contributed by atoms with van der Waals surface area (Å²) in [5.41, 5.74) is 0.918. The van der Waals surface area contributed by atoms with Crippen LogP contribution in [0.5, 0.6) is 5.88 Å². The highest BCUT2D eigenvalue weighted by molar-refractivity contribution is 7.99. The van der Waals surface area contributed by atoms with Crippen molar-refractivity contribution in [1.82, 2.24) is 4.98 Å². The lowest BCUT2D eigenvalue weighted by Crippen LogP contribution is -1.99. The van der Waals surface area contributed by atoms with Crippen LogP contribution in [-0.4, -0.2) is 28.9 Å². The second kappa shape index (κ2) is 5.49. The monoisotopic (exact) mass is 213 g/mol. The van der Waals surface area contributed by atoms with Crippen LogP contribution in [0.4, 0.5) is 0 Å². The van der Waals surface area contributed by atoms with Gasteiger partial charge in [-0.05, 0) is 6.07 Å². The molecular formula is C9H11NO3S. The highest BCUT2D eigenvalue weighted by Crippen LogP contribution is 2.19. The van der Waals surface area contributed by atoms with Crippen molar-refractivity contribution in [2.24, 2.45) is 0 Å². The largest absolute Gasteiger partial charge is 0.481 e. The van der Waals surface area contributed by atoms with E-state index in [0.29, 0.717) is 11.6 Å². The minimum atomic E-state index is -0.808. The molecule has 14 heavy (non-hydrogen) atoms. The van der Waals surface area contributed by atoms with Crippen LogP contribution >= 0.6 is 11.8 Å². The lowest BCUT2D eigenvalue weighted by atomic mass is 10.3. The lowest BCUT2D eigenvalue weighted by molar-refractivity contribution is -0.133. The highest BCUT2D eigenvalue weighted by atomic mass is 32.2. The second-order valence-electron chi connectivity index (χ2n) is 2.56. The minimum Gasteiger partial charge on any atom is -0.481 e. The zero-order valence-corrected chi connectivity index (χ0v) is 8.58. The van der Waals surface area contributed by atoms with E-state index in [1.54, 1.807) is 19.4 Å². The number of nitrogens with zero attached hydrogens (tertiary/aromatic N) is 1. The van der Waals surface area contributed by atoms with E-state index in [2.05, 4.69) is 4.98 Å². The van der Waals surface area contributed by atoms with Gasteiger partial charge in [-0.2, -0.15) is 0 Å². The van der Waals surface area contributed by atoms with Crippen molar-refractivity contribution in [1.29, 1.82) is 0 Å². The van der Waals surface area contributed by atoms with Gasteiger partial charge in [0.1, 0.15) is 0 Å². The molecule has 0 bridgehead atoms. The molecule has 4 nitrogen and oxygen atoms in total. The summed E-state index contributed by atoms with van der Waals surface area (Å²) in [6, 6.07) is 3.68. The first-order valence-electron chi connectivity index (χ1n) is 4.01. The predicted octanol–water partition coefficient (Wildman–Crippen LogP) is 1.41. The number of rotatable bonds is 5. The average molecular weight is 213 g/mol. The molecule has 0 atom stereocenters. The molecule has 0 radical (unpaired) electrons. The van der Waals surface area contributed by atoms with Gasteiger partial charge in [0.15, 0.2) is 0 Å².